The molecule has 110 valence electrons. The number of aromatic amines is 1. The first-order valence-electron chi connectivity index (χ1n) is 7.26. The van der Waals surface area contributed by atoms with E-state index in [9.17, 15) is 4.39 Å². The summed E-state index contributed by atoms with van der Waals surface area (Å²) in [5, 5.41) is 0.994. The molecular weight excluding hydrogens is 283 g/mol. The van der Waals surface area contributed by atoms with Crippen molar-refractivity contribution in [2.75, 3.05) is 6.54 Å². The molecule has 0 spiro atoms. The molecule has 0 saturated carbocycles. The first kappa shape index (κ1) is 14.3. The SMILES string of the molecule is Cc1ccc(-c2[nH]c3c(F)cccc3c2CCCCN)s1. The van der Waals surface area contributed by atoms with E-state index in [1.807, 2.05) is 6.07 Å². The van der Waals surface area contributed by atoms with E-state index >= 15 is 0 Å². The van der Waals surface area contributed by atoms with Gasteiger partial charge in [-0.15, -0.1) is 11.3 Å². The number of fused-ring (bicyclic) bond motifs is 1. The summed E-state index contributed by atoms with van der Waals surface area (Å²) in [6, 6.07) is 9.49. The van der Waals surface area contributed by atoms with E-state index in [0.717, 1.165) is 30.3 Å². The first-order valence-corrected chi connectivity index (χ1v) is 8.08. The number of aromatic nitrogens is 1. The molecule has 0 bridgehead atoms. The van der Waals surface area contributed by atoms with Gasteiger partial charge in [-0.3, -0.25) is 0 Å². The Bertz CT molecular complexity index is 757. The lowest BCUT2D eigenvalue weighted by Crippen LogP contribution is -1.99. The molecule has 2 nitrogen and oxygen atoms in total. The van der Waals surface area contributed by atoms with Crippen molar-refractivity contribution < 1.29 is 4.39 Å². The molecule has 4 heteroatoms. The quantitative estimate of drug-likeness (QED) is 0.663. The van der Waals surface area contributed by atoms with Crippen LogP contribution in [0.5, 0.6) is 0 Å². The number of benzene rings is 1. The van der Waals surface area contributed by atoms with E-state index in [4.69, 9.17) is 5.73 Å². The first-order chi connectivity index (χ1) is 10.2. The molecule has 0 amide bonds. The predicted molar refractivity (Wildman–Crippen MR) is 88.3 cm³/mol. The Balaban J connectivity index is 2.12. The monoisotopic (exact) mass is 302 g/mol. The standard InChI is InChI=1S/C17H19FN2S/c1-11-8-9-15(21-11)17-13(5-2-3-10-19)12-6-4-7-14(18)16(12)20-17/h4,6-9,20H,2-3,5,10,19H2,1H3. The molecule has 0 aliphatic rings. The minimum Gasteiger partial charge on any atom is -0.351 e. The molecule has 3 aromatic rings. The summed E-state index contributed by atoms with van der Waals surface area (Å²) in [6.07, 6.45) is 2.94. The van der Waals surface area contributed by atoms with Gasteiger partial charge >= 0.3 is 0 Å². The van der Waals surface area contributed by atoms with Gasteiger partial charge in [0.1, 0.15) is 5.82 Å². The maximum absolute atomic E-state index is 14.0. The van der Waals surface area contributed by atoms with Crippen LogP contribution in [0.2, 0.25) is 0 Å². The van der Waals surface area contributed by atoms with Crippen molar-refractivity contribution in [1.82, 2.24) is 4.98 Å². The third-order valence-electron chi connectivity index (χ3n) is 3.76. The largest absolute Gasteiger partial charge is 0.351 e. The lowest BCUT2D eigenvalue weighted by atomic mass is 10.0. The lowest BCUT2D eigenvalue weighted by molar-refractivity contribution is 0.637. The highest BCUT2D eigenvalue weighted by Gasteiger charge is 2.16. The summed E-state index contributed by atoms with van der Waals surface area (Å²) in [4.78, 5) is 5.73. The van der Waals surface area contributed by atoms with Crippen LogP contribution in [0.15, 0.2) is 30.3 Å². The Kier molecular flexibility index (Phi) is 4.08. The Hall–Kier alpha value is -1.65. The zero-order valence-corrected chi connectivity index (χ0v) is 12.9. The summed E-state index contributed by atoms with van der Waals surface area (Å²) in [7, 11) is 0. The summed E-state index contributed by atoms with van der Waals surface area (Å²) in [5.74, 6) is -0.188. The van der Waals surface area contributed by atoms with Gasteiger partial charge in [0.2, 0.25) is 0 Å². The lowest BCUT2D eigenvalue weighted by Gasteiger charge is -2.03. The van der Waals surface area contributed by atoms with Crippen LogP contribution in [-0.4, -0.2) is 11.5 Å². The minimum absolute atomic E-state index is 0.188. The third kappa shape index (κ3) is 2.74. The maximum Gasteiger partial charge on any atom is 0.147 e. The number of nitrogens with one attached hydrogen (secondary N) is 1. The van der Waals surface area contributed by atoms with Crippen molar-refractivity contribution in [2.45, 2.75) is 26.2 Å². The van der Waals surface area contributed by atoms with Gasteiger partial charge in [0.25, 0.3) is 0 Å². The van der Waals surface area contributed by atoms with E-state index in [0.29, 0.717) is 12.1 Å². The van der Waals surface area contributed by atoms with E-state index in [1.165, 1.54) is 21.4 Å². The molecule has 0 saturated heterocycles. The van der Waals surface area contributed by atoms with Crippen LogP contribution < -0.4 is 5.73 Å². The molecule has 21 heavy (non-hydrogen) atoms. The fourth-order valence-corrected chi connectivity index (χ4v) is 3.62. The molecule has 0 atom stereocenters. The van der Waals surface area contributed by atoms with Crippen LogP contribution in [0.1, 0.15) is 23.3 Å². The average Bonchev–Trinajstić information content (AvgIpc) is 3.04. The van der Waals surface area contributed by atoms with E-state index < -0.39 is 0 Å². The number of thiophene rings is 1. The molecule has 3 rings (SSSR count). The molecule has 0 aliphatic heterocycles. The molecule has 1 aromatic carbocycles. The van der Waals surface area contributed by atoms with E-state index in [-0.39, 0.29) is 5.82 Å². The van der Waals surface area contributed by atoms with Crippen molar-refractivity contribution >= 4 is 22.2 Å². The molecule has 0 unspecified atom stereocenters. The van der Waals surface area contributed by atoms with E-state index in [1.54, 1.807) is 17.4 Å². The van der Waals surface area contributed by atoms with Crippen LogP contribution in [0.25, 0.3) is 21.5 Å². The number of aryl methyl sites for hydroxylation is 2. The summed E-state index contributed by atoms with van der Waals surface area (Å²) in [5.41, 5.74) is 8.47. The Morgan fingerprint density at radius 1 is 1.19 bits per heavy atom. The van der Waals surface area contributed by atoms with Crippen LogP contribution in [0.3, 0.4) is 0 Å². The molecule has 3 N–H and O–H groups in total. The van der Waals surface area contributed by atoms with Crippen LogP contribution >= 0.6 is 11.3 Å². The van der Waals surface area contributed by atoms with Crippen LogP contribution in [0.4, 0.5) is 4.39 Å². The number of H-pyrrole nitrogens is 1. The van der Waals surface area contributed by atoms with E-state index in [2.05, 4.69) is 24.0 Å². The number of halogens is 1. The van der Waals surface area contributed by atoms with Gasteiger partial charge in [0, 0.05) is 10.3 Å². The fraction of sp³-hybridized carbons (Fsp3) is 0.294. The Morgan fingerprint density at radius 2 is 2.05 bits per heavy atom. The zero-order chi connectivity index (χ0) is 14.8. The third-order valence-corrected chi connectivity index (χ3v) is 4.78. The molecule has 2 aromatic heterocycles. The van der Waals surface area contributed by atoms with Crippen molar-refractivity contribution in [1.29, 1.82) is 0 Å². The second-order valence-electron chi connectivity index (χ2n) is 5.30. The summed E-state index contributed by atoms with van der Waals surface area (Å²) in [6.45, 7) is 2.79. The molecule has 2 heterocycles. The normalized spacial score (nSPS) is 11.4. The number of unbranched alkanes of at least 4 members (excludes halogenated alkanes) is 1. The van der Waals surface area contributed by atoms with Gasteiger partial charge in [-0.2, -0.15) is 0 Å². The summed E-state index contributed by atoms with van der Waals surface area (Å²) < 4.78 is 14.0. The van der Waals surface area contributed by atoms with Gasteiger partial charge in [0.05, 0.1) is 16.1 Å². The topological polar surface area (TPSA) is 41.8 Å². The fourth-order valence-electron chi connectivity index (χ4n) is 2.72. The van der Waals surface area contributed by atoms with Gasteiger partial charge in [-0.05, 0) is 56.5 Å². The molecule has 0 radical (unpaired) electrons. The highest BCUT2D eigenvalue weighted by Crippen LogP contribution is 2.36. The second-order valence-corrected chi connectivity index (χ2v) is 6.58. The summed E-state index contributed by atoms with van der Waals surface area (Å²) >= 11 is 1.74. The van der Waals surface area contributed by atoms with Crippen molar-refractivity contribution in [3.8, 4) is 10.6 Å². The van der Waals surface area contributed by atoms with Gasteiger partial charge in [-0.1, -0.05) is 12.1 Å². The molecule has 0 fully saturated rings. The minimum atomic E-state index is -0.188. The number of hydrogen-bond acceptors (Lipinski definition) is 2. The number of hydrogen-bond donors (Lipinski definition) is 2. The molecular formula is C17H19FN2S. The predicted octanol–water partition coefficient (Wildman–Crippen LogP) is 4.63. The second kappa shape index (κ2) is 6.00. The Morgan fingerprint density at radius 3 is 2.76 bits per heavy atom. The number of rotatable bonds is 5. The zero-order valence-electron chi connectivity index (χ0n) is 12.1. The van der Waals surface area contributed by atoms with Crippen molar-refractivity contribution in [3.05, 3.63) is 46.6 Å². The maximum atomic E-state index is 14.0. The van der Waals surface area contributed by atoms with Crippen molar-refractivity contribution in [2.24, 2.45) is 5.73 Å². The van der Waals surface area contributed by atoms with Crippen LogP contribution in [0, 0.1) is 12.7 Å². The Labute approximate surface area is 127 Å². The smallest absolute Gasteiger partial charge is 0.147 e. The number of para-hydroxylation sites is 1. The highest BCUT2D eigenvalue weighted by atomic mass is 32.1. The van der Waals surface area contributed by atoms with Crippen LogP contribution in [-0.2, 0) is 6.42 Å². The van der Waals surface area contributed by atoms with Gasteiger partial charge in [-0.25, -0.2) is 4.39 Å². The van der Waals surface area contributed by atoms with Gasteiger partial charge < -0.3 is 10.7 Å². The van der Waals surface area contributed by atoms with Gasteiger partial charge in [0.15, 0.2) is 0 Å². The molecule has 0 aliphatic carbocycles. The highest BCUT2D eigenvalue weighted by molar-refractivity contribution is 7.15. The average molecular weight is 302 g/mol. The number of nitrogens with two attached hydrogens (primary N) is 1. The van der Waals surface area contributed by atoms with Crippen molar-refractivity contribution in [3.63, 3.8) is 0 Å².